The maximum Gasteiger partial charge on any atom is 0.0727 e. The van der Waals surface area contributed by atoms with Crippen LogP contribution in [0.1, 0.15) is 38.8 Å². The quantitative estimate of drug-likeness (QED) is 0.853. The summed E-state index contributed by atoms with van der Waals surface area (Å²) in [5.74, 6) is 0.423. The maximum atomic E-state index is 6.07. The number of fused-ring (bicyclic) bond motifs is 1. The van der Waals surface area contributed by atoms with Gasteiger partial charge < -0.3 is 5.32 Å². The van der Waals surface area contributed by atoms with E-state index in [2.05, 4.69) is 37.1 Å². The van der Waals surface area contributed by atoms with Gasteiger partial charge in [0.15, 0.2) is 0 Å². The zero-order valence-corrected chi connectivity index (χ0v) is 11.9. The monoisotopic (exact) mass is 262 g/mol. The molecule has 0 spiro atoms. The van der Waals surface area contributed by atoms with Gasteiger partial charge in [-0.1, -0.05) is 32.4 Å². The highest BCUT2D eigenvalue weighted by Crippen LogP contribution is 2.28. The highest BCUT2D eigenvalue weighted by molar-refractivity contribution is 6.31. The van der Waals surface area contributed by atoms with Crippen LogP contribution in [0, 0.1) is 0 Å². The predicted molar refractivity (Wildman–Crippen MR) is 79.6 cm³/mol. The van der Waals surface area contributed by atoms with Crippen molar-refractivity contribution in [3.8, 4) is 0 Å². The van der Waals surface area contributed by atoms with Gasteiger partial charge in [0.05, 0.1) is 5.52 Å². The minimum absolute atomic E-state index is 0.423. The lowest BCUT2D eigenvalue weighted by molar-refractivity contribution is 0.829. The Morgan fingerprint density at radius 2 is 2.06 bits per heavy atom. The Morgan fingerprint density at radius 3 is 2.72 bits per heavy atom. The number of pyridine rings is 1. The fourth-order valence-corrected chi connectivity index (χ4v) is 2.09. The Hall–Kier alpha value is -1.28. The van der Waals surface area contributed by atoms with Crippen LogP contribution >= 0.6 is 11.6 Å². The zero-order valence-electron chi connectivity index (χ0n) is 11.1. The summed E-state index contributed by atoms with van der Waals surface area (Å²) in [4.78, 5) is 4.69. The number of nitrogens with one attached hydrogen (secondary N) is 1. The van der Waals surface area contributed by atoms with E-state index in [1.54, 1.807) is 0 Å². The van der Waals surface area contributed by atoms with Crippen molar-refractivity contribution in [2.45, 2.75) is 33.1 Å². The molecular weight excluding hydrogens is 244 g/mol. The average molecular weight is 263 g/mol. The summed E-state index contributed by atoms with van der Waals surface area (Å²) in [5.41, 5.74) is 3.25. The van der Waals surface area contributed by atoms with Gasteiger partial charge in [-0.15, -0.1) is 0 Å². The molecule has 0 unspecified atom stereocenters. The van der Waals surface area contributed by atoms with Crippen molar-refractivity contribution in [3.63, 3.8) is 0 Å². The first kappa shape index (κ1) is 13.2. The molecule has 0 radical (unpaired) electrons. The van der Waals surface area contributed by atoms with Crippen molar-refractivity contribution in [2.24, 2.45) is 0 Å². The van der Waals surface area contributed by atoms with E-state index in [-0.39, 0.29) is 0 Å². The van der Waals surface area contributed by atoms with E-state index in [4.69, 9.17) is 11.6 Å². The van der Waals surface area contributed by atoms with Crippen molar-refractivity contribution < 1.29 is 0 Å². The summed E-state index contributed by atoms with van der Waals surface area (Å²) < 4.78 is 0. The normalized spacial score (nSPS) is 11.2. The Labute approximate surface area is 113 Å². The fraction of sp³-hybridized carbons (Fsp3) is 0.400. The van der Waals surface area contributed by atoms with Gasteiger partial charge in [-0.2, -0.15) is 0 Å². The highest BCUT2D eigenvalue weighted by atomic mass is 35.5. The number of benzene rings is 1. The van der Waals surface area contributed by atoms with Crippen LogP contribution in [0.2, 0.25) is 5.02 Å². The van der Waals surface area contributed by atoms with Gasteiger partial charge in [-0.05, 0) is 36.6 Å². The van der Waals surface area contributed by atoms with Crippen LogP contribution in [0.25, 0.3) is 10.9 Å². The largest absolute Gasteiger partial charge is 0.384 e. The maximum absolute atomic E-state index is 6.07. The minimum Gasteiger partial charge on any atom is -0.384 e. The summed E-state index contributed by atoms with van der Waals surface area (Å²) in [6.07, 6.45) is 1.10. The first-order chi connectivity index (χ1) is 8.61. The van der Waals surface area contributed by atoms with E-state index < -0.39 is 0 Å². The van der Waals surface area contributed by atoms with Crippen LogP contribution in [-0.4, -0.2) is 11.5 Å². The number of nitrogens with zero attached hydrogens (tertiary/aromatic N) is 1. The zero-order chi connectivity index (χ0) is 13.1. The molecule has 2 nitrogen and oxygen atoms in total. The lowest BCUT2D eigenvalue weighted by Gasteiger charge is -2.13. The molecule has 18 heavy (non-hydrogen) atoms. The molecule has 0 atom stereocenters. The van der Waals surface area contributed by atoms with Crippen LogP contribution in [0.15, 0.2) is 24.3 Å². The number of hydrogen-bond acceptors (Lipinski definition) is 2. The molecule has 0 fully saturated rings. The topological polar surface area (TPSA) is 24.9 Å². The molecule has 1 heterocycles. The van der Waals surface area contributed by atoms with Gasteiger partial charge >= 0.3 is 0 Å². The molecule has 3 heteroatoms. The predicted octanol–water partition coefficient (Wildman–Crippen LogP) is 4.83. The van der Waals surface area contributed by atoms with Gasteiger partial charge in [-0.3, -0.25) is 4.98 Å². The van der Waals surface area contributed by atoms with Crippen LogP contribution in [0.4, 0.5) is 5.69 Å². The molecule has 1 aromatic heterocycles. The van der Waals surface area contributed by atoms with Crippen LogP contribution in [-0.2, 0) is 0 Å². The first-order valence-electron chi connectivity index (χ1n) is 6.46. The van der Waals surface area contributed by atoms with E-state index in [9.17, 15) is 0 Å². The second-order valence-electron chi connectivity index (χ2n) is 4.84. The van der Waals surface area contributed by atoms with Crippen molar-refractivity contribution in [1.82, 2.24) is 4.98 Å². The molecule has 2 rings (SSSR count). The summed E-state index contributed by atoms with van der Waals surface area (Å²) in [6.45, 7) is 7.44. The summed E-state index contributed by atoms with van der Waals surface area (Å²) >= 11 is 6.07. The SMILES string of the molecule is CCCNc1cc(C(C)C)nc2ccc(Cl)cc12. The summed E-state index contributed by atoms with van der Waals surface area (Å²) in [7, 11) is 0. The Bertz CT molecular complexity index is 549. The number of halogens is 1. The average Bonchev–Trinajstić information content (AvgIpc) is 2.35. The molecule has 1 N–H and O–H groups in total. The number of anilines is 1. The van der Waals surface area contributed by atoms with Gasteiger partial charge in [-0.25, -0.2) is 0 Å². The van der Waals surface area contributed by atoms with Crippen molar-refractivity contribution in [2.75, 3.05) is 11.9 Å². The van der Waals surface area contributed by atoms with Crippen LogP contribution in [0.5, 0.6) is 0 Å². The van der Waals surface area contributed by atoms with Crippen molar-refractivity contribution in [1.29, 1.82) is 0 Å². The fourth-order valence-electron chi connectivity index (χ4n) is 1.92. The van der Waals surface area contributed by atoms with E-state index in [0.29, 0.717) is 5.92 Å². The Balaban J connectivity index is 2.57. The molecular formula is C15H19ClN2. The summed E-state index contributed by atoms with van der Waals surface area (Å²) in [5, 5.41) is 5.31. The Morgan fingerprint density at radius 1 is 1.28 bits per heavy atom. The van der Waals surface area contributed by atoms with Crippen LogP contribution < -0.4 is 5.32 Å². The smallest absolute Gasteiger partial charge is 0.0727 e. The van der Waals surface area contributed by atoms with Crippen molar-refractivity contribution in [3.05, 3.63) is 35.0 Å². The lowest BCUT2D eigenvalue weighted by atomic mass is 10.1. The summed E-state index contributed by atoms with van der Waals surface area (Å²) in [6, 6.07) is 8.00. The second kappa shape index (κ2) is 5.57. The van der Waals surface area contributed by atoms with E-state index in [1.165, 1.54) is 0 Å². The van der Waals surface area contributed by atoms with Gasteiger partial charge in [0.25, 0.3) is 0 Å². The second-order valence-corrected chi connectivity index (χ2v) is 5.27. The minimum atomic E-state index is 0.423. The molecule has 0 amide bonds. The molecule has 0 aliphatic heterocycles. The third-order valence-corrected chi connectivity index (χ3v) is 3.18. The standard InChI is InChI=1S/C15H19ClN2/c1-4-7-17-15-9-14(10(2)3)18-13-6-5-11(16)8-12(13)15/h5-6,8-10H,4,7H2,1-3H3,(H,17,18). The number of hydrogen-bond donors (Lipinski definition) is 1. The van der Waals surface area contributed by atoms with E-state index >= 15 is 0 Å². The van der Waals surface area contributed by atoms with Crippen LogP contribution in [0.3, 0.4) is 0 Å². The molecule has 96 valence electrons. The first-order valence-corrected chi connectivity index (χ1v) is 6.83. The third-order valence-electron chi connectivity index (χ3n) is 2.95. The molecule has 2 aromatic rings. The Kier molecular flexibility index (Phi) is 4.07. The van der Waals surface area contributed by atoms with Gasteiger partial charge in [0.1, 0.15) is 0 Å². The molecule has 0 bridgehead atoms. The van der Waals surface area contributed by atoms with E-state index in [1.807, 2.05) is 18.2 Å². The van der Waals surface area contributed by atoms with Gasteiger partial charge in [0, 0.05) is 28.3 Å². The lowest BCUT2D eigenvalue weighted by Crippen LogP contribution is -2.03. The molecule has 1 aromatic carbocycles. The number of aromatic nitrogens is 1. The van der Waals surface area contributed by atoms with E-state index in [0.717, 1.165) is 40.3 Å². The molecule has 0 saturated carbocycles. The van der Waals surface area contributed by atoms with Crippen molar-refractivity contribution >= 4 is 28.2 Å². The third kappa shape index (κ3) is 2.75. The molecule has 0 saturated heterocycles. The highest BCUT2D eigenvalue weighted by Gasteiger charge is 2.08. The molecule has 0 aliphatic rings. The van der Waals surface area contributed by atoms with Gasteiger partial charge in [0.2, 0.25) is 0 Å². The number of rotatable bonds is 4. The molecule has 0 aliphatic carbocycles.